The van der Waals surface area contributed by atoms with E-state index < -0.39 is 0 Å². The molecule has 1 saturated carbocycles. The first kappa shape index (κ1) is 19.9. The van der Waals surface area contributed by atoms with Crippen LogP contribution in [-0.4, -0.2) is 22.0 Å². The molecule has 1 heterocycles. The van der Waals surface area contributed by atoms with Crippen molar-refractivity contribution in [2.45, 2.75) is 56.1 Å². The molecule has 1 aliphatic carbocycles. The molecule has 2 N–H and O–H groups in total. The van der Waals surface area contributed by atoms with Crippen molar-refractivity contribution in [2.75, 3.05) is 10.6 Å². The van der Waals surface area contributed by atoms with Crippen LogP contribution in [0.25, 0.3) is 0 Å². The van der Waals surface area contributed by atoms with E-state index >= 15 is 0 Å². The number of thiazole rings is 1. The molecule has 7 heteroatoms. The van der Waals surface area contributed by atoms with E-state index in [9.17, 15) is 9.59 Å². The Morgan fingerprint density at radius 1 is 1.15 bits per heavy atom. The largest absolute Gasteiger partial charge is 0.326 e. The highest BCUT2D eigenvalue weighted by molar-refractivity contribution is 8.00. The topological polar surface area (TPSA) is 71.1 Å². The second-order valence-corrected chi connectivity index (χ2v) is 9.16. The first-order valence-corrected chi connectivity index (χ1v) is 11.1. The molecule has 5 nitrogen and oxygen atoms in total. The maximum Gasteiger partial charge on any atom is 0.239 e. The van der Waals surface area contributed by atoms with Crippen LogP contribution in [0.2, 0.25) is 0 Å². The lowest BCUT2D eigenvalue weighted by molar-refractivity contribution is -0.120. The van der Waals surface area contributed by atoms with E-state index in [-0.39, 0.29) is 23.0 Å². The number of benzene rings is 1. The number of thioether (sulfide) groups is 1. The van der Waals surface area contributed by atoms with Crippen LogP contribution in [0.5, 0.6) is 0 Å². The van der Waals surface area contributed by atoms with Gasteiger partial charge in [0.05, 0.1) is 10.9 Å². The van der Waals surface area contributed by atoms with Gasteiger partial charge in [-0.15, -0.1) is 23.1 Å². The zero-order valence-corrected chi connectivity index (χ0v) is 17.3. The minimum absolute atomic E-state index is 0.0657. The summed E-state index contributed by atoms with van der Waals surface area (Å²) in [6.45, 7) is 3.78. The van der Waals surface area contributed by atoms with Crippen molar-refractivity contribution >= 4 is 45.7 Å². The summed E-state index contributed by atoms with van der Waals surface area (Å²) in [4.78, 5) is 29.9. The van der Waals surface area contributed by atoms with Gasteiger partial charge in [0.2, 0.25) is 11.8 Å². The van der Waals surface area contributed by atoms with Crippen LogP contribution in [-0.2, 0) is 9.59 Å². The molecule has 3 rings (SSSR count). The van der Waals surface area contributed by atoms with Crippen molar-refractivity contribution in [3.05, 3.63) is 35.3 Å². The number of carbonyl (C=O) groups excluding carboxylic acids is 2. The summed E-state index contributed by atoms with van der Waals surface area (Å²) < 4.78 is 0. The van der Waals surface area contributed by atoms with E-state index in [0.29, 0.717) is 5.13 Å². The molecule has 2 amide bonds. The molecule has 0 radical (unpaired) electrons. The Morgan fingerprint density at radius 3 is 2.48 bits per heavy atom. The first-order valence-electron chi connectivity index (χ1n) is 9.32. The Bertz CT molecular complexity index is 783. The molecule has 0 saturated heterocycles. The first-order chi connectivity index (χ1) is 13.0. The van der Waals surface area contributed by atoms with Crippen LogP contribution >= 0.6 is 23.1 Å². The van der Waals surface area contributed by atoms with Gasteiger partial charge in [-0.3, -0.25) is 9.59 Å². The highest BCUT2D eigenvalue weighted by Crippen LogP contribution is 2.28. The normalized spacial score (nSPS) is 15.9. The maximum absolute atomic E-state index is 12.3. The standard InChI is InChI=1S/C20H25N3O2S2/c1-13-12-26-20(21-13)23-18(24)14(2)27-17-10-8-16(9-11-17)22-19(25)15-6-4-3-5-7-15/h8-12,14-15H,3-7H2,1-2H3,(H,22,25)(H,21,23,24). The van der Waals surface area contributed by atoms with Crippen molar-refractivity contribution in [3.8, 4) is 0 Å². The minimum atomic E-state index is -0.239. The van der Waals surface area contributed by atoms with Gasteiger partial charge in [-0.05, 0) is 51.0 Å². The summed E-state index contributed by atoms with van der Waals surface area (Å²) in [7, 11) is 0. The van der Waals surface area contributed by atoms with Gasteiger partial charge < -0.3 is 10.6 Å². The van der Waals surface area contributed by atoms with Gasteiger partial charge in [0.25, 0.3) is 0 Å². The number of amides is 2. The number of hydrogen-bond acceptors (Lipinski definition) is 5. The number of aromatic nitrogens is 1. The van der Waals surface area contributed by atoms with Crippen LogP contribution in [0.15, 0.2) is 34.5 Å². The highest BCUT2D eigenvalue weighted by Gasteiger charge is 2.21. The summed E-state index contributed by atoms with van der Waals surface area (Å²) >= 11 is 2.91. The molecule has 2 aromatic rings. The van der Waals surface area contributed by atoms with Crippen molar-refractivity contribution in [2.24, 2.45) is 5.92 Å². The average Bonchev–Trinajstić information content (AvgIpc) is 3.08. The summed E-state index contributed by atoms with van der Waals surface area (Å²) in [5, 5.41) is 8.16. The summed E-state index contributed by atoms with van der Waals surface area (Å²) in [5.74, 6) is 0.205. The Balaban J connectivity index is 1.50. The quantitative estimate of drug-likeness (QED) is 0.659. The predicted octanol–water partition coefficient (Wildman–Crippen LogP) is 5.09. The Labute approximate surface area is 168 Å². The Kier molecular flexibility index (Phi) is 6.90. The zero-order valence-electron chi connectivity index (χ0n) is 15.7. The molecule has 0 aliphatic heterocycles. The molecule has 27 heavy (non-hydrogen) atoms. The lowest BCUT2D eigenvalue weighted by Gasteiger charge is -2.20. The van der Waals surface area contributed by atoms with E-state index in [0.717, 1.165) is 42.0 Å². The van der Waals surface area contributed by atoms with Gasteiger partial charge in [-0.25, -0.2) is 4.98 Å². The molecule has 1 aromatic carbocycles. The number of anilines is 2. The Morgan fingerprint density at radius 2 is 1.85 bits per heavy atom. The van der Waals surface area contributed by atoms with Gasteiger partial charge >= 0.3 is 0 Å². The summed E-state index contributed by atoms with van der Waals surface area (Å²) in [6, 6.07) is 7.69. The number of nitrogens with zero attached hydrogens (tertiary/aromatic N) is 1. The summed E-state index contributed by atoms with van der Waals surface area (Å²) in [6.07, 6.45) is 5.52. The van der Waals surface area contributed by atoms with E-state index in [1.54, 1.807) is 0 Å². The second kappa shape index (κ2) is 9.37. The molecule has 1 unspecified atom stereocenters. The van der Waals surface area contributed by atoms with E-state index in [1.165, 1.54) is 29.5 Å². The van der Waals surface area contributed by atoms with Gasteiger partial charge in [0.1, 0.15) is 0 Å². The van der Waals surface area contributed by atoms with Crippen LogP contribution in [0.1, 0.15) is 44.7 Å². The number of nitrogens with one attached hydrogen (secondary N) is 2. The maximum atomic E-state index is 12.3. The smallest absolute Gasteiger partial charge is 0.239 e. The highest BCUT2D eigenvalue weighted by atomic mass is 32.2. The molecule has 0 bridgehead atoms. The monoisotopic (exact) mass is 403 g/mol. The lowest BCUT2D eigenvalue weighted by Crippen LogP contribution is -2.24. The van der Waals surface area contributed by atoms with Crippen LogP contribution in [0.4, 0.5) is 10.8 Å². The third-order valence-electron chi connectivity index (χ3n) is 4.63. The van der Waals surface area contributed by atoms with Crippen LogP contribution in [0.3, 0.4) is 0 Å². The molecule has 1 fully saturated rings. The number of carbonyl (C=O) groups is 2. The molecule has 0 spiro atoms. The molecular formula is C20H25N3O2S2. The molecule has 1 aromatic heterocycles. The van der Waals surface area contributed by atoms with Crippen molar-refractivity contribution < 1.29 is 9.59 Å². The third kappa shape index (κ3) is 5.81. The third-order valence-corrected chi connectivity index (χ3v) is 6.62. The van der Waals surface area contributed by atoms with Gasteiger partial charge in [-0.1, -0.05) is 19.3 Å². The predicted molar refractivity (Wildman–Crippen MR) is 112 cm³/mol. The molecule has 1 atom stereocenters. The SMILES string of the molecule is Cc1csc(NC(=O)C(C)Sc2ccc(NC(=O)C3CCCCC3)cc2)n1. The average molecular weight is 404 g/mol. The second-order valence-electron chi connectivity index (χ2n) is 6.89. The molecule has 144 valence electrons. The summed E-state index contributed by atoms with van der Waals surface area (Å²) in [5.41, 5.74) is 1.71. The van der Waals surface area contributed by atoms with Crippen molar-refractivity contribution in [1.82, 2.24) is 4.98 Å². The Hall–Kier alpha value is -1.86. The van der Waals surface area contributed by atoms with E-state index in [4.69, 9.17) is 0 Å². The fourth-order valence-electron chi connectivity index (χ4n) is 3.10. The fourth-order valence-corrected chi connectivity index (χ4v) is 4.66. The van der Waals surface area contributed by atoms with E-state index in [2.05, 4.69) is 15.6 Å². The van der Waals surface area contributed by atoms with Crippen LogP contribution < -0.4 is 10.6 Å². The fraction of sp³-hybridized carbons (Fsp3) is 0.450. The van der Waals surface area contributed by atoms with E-state index in [1.807, 2.05) is 43.5 Å². The zero-order chi connectivity index (χ0) is 19.2. The van der Waals surface area contributed by atoms with Crippen LogP contribution in [0, 0.1) is 12.8 Å². The number of hydrogen-bond donors (Lipinski definition) is 2. The van der Waals surface area contributed by atoms with Gasteiger partial charge in [-0.2, -0.15) is 0 Å². The van der Waals surface area contributed by atoms with Crippen molar-refractivity contribution in [3.63, 3.8) is 0 Å². The number of rotatable bonds is 6. The number of aryl methyl sites for hydroxylation is 1. The van der Waals surface area contributed by atoms with Crippen molar-refractivity contribution in [1.29, 1.82) is 0 Å². The minimum Gasteiger partial charge on any atom is -0.326 e. The van der Waals surface area contributed by atoms with Gasteiger partial charge in [0, 0.05) is 21.9 Å². The molecule has 1 aliphatic rings. The lowest BCUT2D eigenvalue weighted by atomic mass is 9.88. The van der Waals surface area contributed by atoms with Gasteiger partial charge in [0.15, 0.2) is 5.13 Å². The molecular weight excluding hydrogens is 378 g/mol.